The number of aromatic nitrogens is 1. The Labute approximate surface area is 84.3 Å². The van der Waals surface area contributed by atoms with Gasteiger partial charge in [-0.3, -0.25) is 9.78 Å². The van der Waals surface area contributed by atoms with Crippen molar-refractivity contribution < 1.29 is 4.79 Å². The van der Waals surface area contributed by atoms with Crippen LogP contribution in [-0.4, -0.2) is 10.8 Å². The number of nitrogens with zero attached hydrogens (tertiary/aromatic N) is 1. The molecular formula is C11H16N2O. The van der Waals surface area contributed by atoms with E-state index in [-0.39, 0.29) is 17.7 Å². The summed E-state index contributed by atoms with van der Waals surface area (Å²) in [5, 5.41) is 0. The normalized spacial score (nSPS) is 12.9. The van der Waals surface area contributed by atoms with Crippen molar-refractivity contribution in [1.82, 2.24) is 4.98 Å². The molecule has 0 spiro atoms. The lowest BCUT2D eigenvalue weighted by Gasteiger charge is -2.11. The maximum Gasteiger partial charge on any atom is 0.137 e. The summed E-state index contributed by atoms with van der Waals surface area (Å²) in [6, 6.07) is 3.50. The van der Waals surface area contributed by atoms with Crippen LogP contribution >= 0.6 is 0 Å². The van der Waals surface area contributed by atoms with Gasteiger partial charge in [0.05, 0.1) is 0 Å². The Morgan fingerprint density at radius 1 is 1.57 bits per heavy atom. The number of pyridine rings is 1. The van der Waals surface area contributed by atoms with Gasteiger partial charge in [-0.05, 0) is 11.6 Å². The van der Waals surface area contributed by atoms with E-state index >= 15 is 0 Å². The minimum absolute atomic E-state index is 0.0534. The van der Waals surface area contributed by atoms with Gasteiger partial charge in [-0.15, -0.1) is 0 Å². The predicted molar refractivity (Wildman–Crippen MR) is 55.6 cm³/mol. The van der Waals surface area contributed by atoms with Gasteiger partial charge < -0.3 is 5.73 Å². The van der Waals surface area contributed by atoms with Crippen molar-refractivity contribution in [3.63, 3.8) is 0 Å². The molecule has 0 unspecified atom stereocenters. The highest BCUT2D eigenvalue weighted by Gasteiger charge is 2.13. The molecule has 0 aliphatic heterocycles. The third kappa shape index (κ3) is 2.92. The molecule has 0 saturated heterocycles. The molecule has 76 valence electrons. The number of ketones is 1. The van der Waals surface area contributed by atoms with E-state index in [1.807, 2.05) is 26.0 Å². The predicted octanol–water partition coefficient (Wildman–Crippen LogP) is 1.70. The van der Waals surface area contributed by atoms with Crippen molar-refractivity contribution in [3.8, 4) is 0 Å². The van der Waals surface area contributed by atoms with Gasteiger partial charge in [0.25, 0.3) is 0 Å². The molecule has 0 saturated carbocycles. The second kappa shape index (κ2) is 4.86. The Morgan fingerprint density at radius 3 is 2.79 bits per heavy atom. The van der Waals surface area contributed by atoms with Crippen LogP contribution in [0.4, 0.5) is 0 Å². The Bertz CT molecular complexity index is 295. The van der Waals surface area contributed by atoms with Crippen LogP contribution in [0.2, 0.25) is 0 Å². The number of nitrogens with two attached hydrogens (primary N) is 1. The molecular weight excluding hydrogens is 176 g/mol. The van der Waals surface area contributed by atoms with Crippen molar-refractivity contribution in [1.29, 1.82) is 0 Å². The molecule has 1 rings (SSSR count). The van der Waals surface area contributed by atoms with E-state index in [0.717, 1.165) is 5.56 Å². The zero-order chi connectivity index (χ0) is 10.6. The number of hydrogen-bond donors (Lipinski definition) is 1. The molecule has 2 N–H and O–H groups in total. The van der Waals surface area contributed by atoms with Gasteiger partial charge in [-0.1, -0.05) is 19.9 Å². The highest BCUT2D eigenvalue weighted by atomic mass is 16.1. The molecule has 0 aromatic carbocycles. The summed E-state index contributed by atoms with van der Waals surface area (Å²) in [4.78, 5) is 15.4. The molecule has 14 heavy (non-hydrogen) atoms. The number of carbonyl (C=O) groups is 1. The average Bonchev–Trinajstić information content (AvgIpc) is 2.19. The quantitative estimate of drug-likeness (QED) is 0.789. The Morgan fingerprint density at radius 2 is 2.29 bits per heavy atom. The maximum atomic E-state index is 11.4. The first kappa shape index (κ1) is 10.9. The van der Waals surface area contributed by atoms with Gasteiger partial charge in [0.1, 0.15) is 5.78 Å². The van der Waals surface area contributed by atoms with E-state index in [4.69, 9.17) is 5.73 Å². The first-order valence-electron chi connectivity index (χ1n) is 4.79. The second-order valence-corrected chi connectivity index (χ2v) is 3.72. The Hall–Kier alpha value is -1.22. The monoisotopic (exact) mass is 192 g/mol. The summed E-state index contributed by atoms with van der Waals surface area (Å²) in [6.07, 6.45) is 3.79. The third-order valence-corrected chi connectivity index (χ3v) is 2.18. The van der Waals surface area contributed by atoms with Gasteiger partial charge in [0, 0.05) is 30.8 Å². The number of rotatable bonds is 4. The van der Waals surface area contributed by atoms with Gasteiger partial charge >= 0.3 is 0 Å². The summed E-state index contributed by atoms with van der Waals surface area (Å²) >= 11 is 0. The topological polar surface area (TPSA) is 56.0 Å². The average molecular weight is 192 g/mol. The van der Waals surface area contributed by atoms with Gasteiger partial charge in [0.2, 0.25) is 0 Å². The van der Waals surface area contributed by atoms with Crippen molar-refractivity contribution >= 4 is 5.78 Å². The molecule has 0 fully saturated rings. The lowest BCUT2D eigenvalue weighted by molar-refractivity contribution is -0.122. The molecule has 1 heterocycles. The van der Waals surface area contributed by atoms with Gasteiger partial charge in [-0.2, -0.15) is 0 Å². The standard InChI is InChI=1S/C11H16N2O/c1-8(2)11(14)6-10(12)9-4-3-5-13-7-9/h3-5,7-8,10H,6,12H2,1-2H3/t10-/m0/s1. The zero-order valence-corrected chi connectivity index (χ0v) is 8.60. The third-order valence-electron chi connectivity index (χ3n) is 2.18. The van der Waals surface area contributed by atoms with Gasteiger partial charge in [0.15, 0.2) is 0 Å². The fourth-order valence-corrected chi connectivity index (χ4v) is 1.17. The van der Waals surface area contributed by atoms with Crippen molar-refractivity contribution in [3.05, 3.63) is 30.1 Å². The van der Waals surface area contributed by atoms with Crippen LogP contribution in [0.5, 0.6) is 0 Å². The van der Waals surface area contributed by atoms with E-state index in [1.165, 1.54) is 0 Å². The van der Waals surface area contributed by atoms with Crippen LogP contribution in [0, 0.1) is 5.92 Å². The molecule has 0 aliphatic rings. The molecule has 1 atom stereocenters. The largest absolute Gasteiger partial charge is 0.324 e. The summed E-state index contributed by atoms with van der Waals surface area (Å²) in [5.74, 6) is 0.249. The molecule has 1 aromatic heterocycles. The van der Waals surface area contributed by atoms with Crippen LogP contribution < -0.4 is 5.73 Å². The van der Waals surface area contributed by atoms with Crippen LogP contribution in [-0.2, 0) is 4.79 Å². The molecule has 1 aromatic rings. The molecule has 0 amide bonds. The first-order valence-corrected chi connectivity index (χ1v) is 4.79. The second-order valence-electron chi connectivity index (χ2n) is 3.72. The summed E-state index contributed by atoms with van der Waals surface area (Å²) < 4.78 is 0. The lowest BCUT2D eigenvalue weighted by Crippen LogP contribution is -2.18. The number of Topliss-reactive ketones (excluding diaryl/α,β-unsaturated/α-hetero) is 1. The Kier molecular flexibility index (Phi) is 3.77. The first-order chi connectivity index (χ1) is 6.61. The van der Waals surface area contributed by atoms with E-state index in [1.54, 1.807) is 12.4 Å². The van der Waals surface area contributed by atoms with Crippen LogP contribution in [0.15, 0.2) is 24.5 Å². The van der Waals surface area contributed by atoms with Crippen LogP contribution in [0.1, 0.15) is 31.9 Å². The lowest BCUT2D eigenvalue weighted by atomic mass is 9.98. The summed E-state index contributed by atoms with van der Waals surface area (Å²) in [6.45, 7) is 3.77. The molecule has 0 bridgehead atoms. The summed E-state index contributed by atoms with van der Waals surface area (Å²) in [7, 11) is 0. The molecule has 3 nitrogen and oxygen atoms in total. The highest BCUT2D eigenvalue weighted by molar-refractivity contribution is 5.80. The molecule has 3 heteroatoms. The maximum absolute atomic E-state index is 11.4. The molecule has 0 aliphatic carbocycles. The fraction of sp³-hybridized carbons (Fsp3) is 0.455. The fourth-order valence-electron chi connectivity index (χ4n) is 1.17. The highest BCUT2D eigenvalue weighted by Crippen LogP contribution is 2.14. The SMILES string of the molecule is CC(C)C(=O)C[C@H](N)c1cccnc1. The van der Waals surface area contributed by atoms with Crippen molar-refractivity contribution in [2.24, 2.45) is 11.7 Å². The summed E-state index contributed by atoms with van der Waals surface area (Å²) in [5.41, 5.74) is 6.79. The van der Waals surface area contributed by atoms with E-state index in [2.05, 4.69) is 4.98 Å². The van der Waals surface area contributed by atoms with Crippen LogP contribution in [0.25, 0.3) is 0 Å². The van der Waals surface area contributed by atoms with Crippen molar-refractivity contribution in [2.45, 2.75) is 26.3 Å². The van der Waals surface area contributed by atoms with E-state index in [0.29, 0.717) is 6.42 Å². The minimum Gasteiger partial charge on any atom is -0.324 e. The van der Waals surface area contributed by atoms with E-state index in [9.17, 15) is 4.79 Å². The number of hydrogen-bond acceptors (Lipinski definition) is 3. The van der Waals surface area contributed by atoms with Crippen molar-refractivity contribution in [2.75, 3.05) is 0 Å². The van der Waals surface area contributed by atoms with Gasteiger partial charge in [-0.25, -0.2) is 0 Å². The smallest absolute Gasteiger partial charge is 0.137 e. The Balaban J connectivity index is 2.59. The number of carbonyl (C=O) groups excluding carboxylic acids is 1. The van der Waals surface area contributed by atoms with E-state index < -0.39 is 0 Å². The zero-order valence-electron chi connectivity index (χ0n) is 8.60. The minimum atomic E-state index is -0.224. The van der Waals surface area contributed by atoms with Crippen LogP contribution in [0.3, 0.4) is 0 Å². The molecule has 0 radical (unpaired) electrons.